The number of aliphatic hydroxyl groups is 1. The number of aromatic nitrogens is 2. The van der Waals surface area contributed by atoms with E-state index in [9.17, 15) is 9.90 Å². The predicted molar refractivity (Wildman–Crippen MR) is 85.7 cm³/mol. The van der Waals surface area contributed by atoms with E-state index in [1.54, 1.807) is 26.0 Å². The average molecular weight is 323 g/mol. The van der Waals surface area contributed by atoms with Crippen molar-refractivity contribution in [2.75, 3.05) is 6.61 Å². The largest absolute Gasteiger partial charge is 0.489 e. The van der Waals surface area contributed by atoms with Gasteiger partial charge in [0.15, 0.2) is 0 Å². The van der Waals surface area contributed by atoms with Crippen molar-refractivity contribution in [3.05, 3.63) is 56.7 Å². The number of nitrogens with zero attached hydrogens (tertiary/aromatic N) is 2. The standard InChI is InChI=1S/C16H19ClN2O3/c1-10-4-5-14(17)15(6-10)22-8-13(20)7-19-9-18-12(3)11(2)16(19)21/h4-6,9,13,20H,7-8H2,1-3H3/t13-/m0/s1. The van der Waals surface area contributed by atoms with Gasteiger partial charge in [-0.05, 0) is 38.5 Å². The topological polar surface area (TPSA) is 64.3 Å². The highest BCUT2D eigenvalue weighted by atomic mass is 35.5. The van der Waals surface area contributed by atoms with Gasteiger partial charge in [-0.25, -0.2) is 4.98 Å². The van der Waals surface area contributed by atoms with Gasteiger partial charge >= 0.3 is 0 Å². The number of aliphatic hydroxyl groups excluding tert-OH is 1. The Labute approximate surface area is 134 Å². The first-order valence-corrected chi connectivity index (χ1v) is 7.36. The van der Waals surface area contributed by atoms with Crippen molar-refractivity contribution in [1.29, 1.82) is 0 Å². The van der Waals surface area contributed by atoms with Crippen LogP contribution in [0.2, 0.25) is 5.02 Å². The third kappa shape index (κ3) is 3.87. The first kappa shape index (κ1) is 16.5. The summed E-state index contributed by atoms with van der Waals surface area (Å²) in [6.45, 7) is 5.59. The van der Waals surface area contributed by atoms with Crippen LogP contribution in [0, 0.1) is 20.8 Å². The van der Waals surface area contributed by atoms with Crippen LogP contribution in [0.4, 0.5) is 0 Å². The molecule has 5 nitrogen and oxygen atoms in total. The fraction of sp³-hybridized carbons (Fsp3) is 0.375. The lowest BCUT2D eigenvalue weighted by atomic mass is 10.2. The number of benzene rings is 1. The zero-order valence-electron chi connectivity index (χ0n) is 12.8. The smallest absolute Gasteiger partial charge is 0.256 e. The Balaban J connectivity index is 2.02. The van der Waals surface area contributed by atoms with E-state index in [0.717, 1.165) is 5.56 Å². The summed E-state index contributed by atoms with van der Waals surface area (Å²) in [6, 6.07) is 5.43. The van der Waals surface area contributed by atoms with Gasteiger partial charge in [-0.15, -0.1) is 0 Å². The highest BCUT2D eigenvalue weighted by Crippen LogP contribution is 2.25. The van der Waals surface area contributed by atoms with E-state index >= 15 is 0 Å². The van der Waals surface area contributed by atoms with E-state index in [2.05, 4.69) is 4.98 Å². The van der Waals surface area contributed by atoms with Crippen LogP contribution < -0.4 is 10.3 Å². The van der Waals surface area contributed by atoms with E-state index in [4.69, 9.17) is 16.3 Å². The molecule has 0 unspecified atom stereocenters. The minimum Gasteiger partial charge on any atom is -0.489 e. The highest BCUT2D eigenvalue weighted by molar-refractivity contribution is 6.32. The number of rotatable bonds is 5. The van der Waals surface area contributed by atoms with Crippen LogP contribution in [0.3, 0.4) is 0 Å². The van der Waals surface area contributed by atoms with Gasteiger partial charge in [0.25, 0.3) is 5.56 Å². The van der Waals surface area contributed by atoms with Gasteiger partial charge in [-0.2, -0.15) is 0 Å². The van der Waals surface area contributed by atoms with Crippen molar-refractivity contribution in [3.8, 4) is 5.75 Å². The van der Waals surface area contributed by atoms with Crippen LogP contribution >= 0.6 is 11.6 Å². The molecular weight excluding hydrogens is 304 g/mol. The fourth-order valence-electron chi connectivity index (χ4n) is 1.99. The van der Waals surface area contributed by atoms with Crippen LogP contribution in [0.1, 0.15) is 16.8 Å². The lowest BCUT2D eigenvalue weighted by Gasteiger charge is -2.15. The molecule has 1 atom stereocenters. The quantitative estimate of drug-likeness (QED) is 0.917. The summed E-state index contributed by atoms with van der Waals surface area (Å²) < 4.78 is 6.91. The molecule has 0 amide bonds. The van der Waals surface area contributed by atoms with E-state index < -0.39 is 6.10 Å². The number of ether oxygens (including phenoxy) is 1. The summed E-state index contributed by atoms with van der Waals surface area (Å²) in [5.41, 5.74) is 2.14. The number of aryl methyl sites for hydroxylation is 2. The lowest BCUT2D eigenvalue weighted by molar-refractivity contribution is 0.0912. The monoisotopic (exact) mass is 322 g/mol. The third-order valence-corrected chi connectivity index (χ3v) is 3.75. The normalized spacial score (nSPS) is 12.2. The molecule has 1 heterocycles. The Morgan fingerprint density at radius 2 is 2.09 bits per heavy atom. The Kier molecular flexibility index (Phi) is 5.21. The molecule has 0 saturated heterocycles. The van der Waals surface area contributed by atoms with Crippen molar-refractivity contribution in [2.45, 2.75) is 33.4 Å². The van der Waals surface area contributed by atoms with Crippen molar-refractivity contribution in [2.24, 2.45) is 0 Å². The number of hydrogen-bond donors (Lipinski definition) is 1. The van der Waals surface area contributed by atoms with E-state index in [1.807, 2.05) is 13.0 Å². The molecule has 6 heteroatoms. The zero-order valence-corrected chi connectivity index (χ0v) is 13.6. The van der Waals surface area contributed by atoms with E-state index in [1.165, 1.54) is 10.9 Å². The predicted octanol–water partition coefficient (Wildman–Crippen LogP) is 2.26. The molecule has 0 aliphatic carbocycles. The number of hydrogen-bond acceptors (Lipinski definition) is 4. The molecule has 22 heavy (non-hydrogen) atoms. The second kappa shape index (κ2) is 6.94. The molecule has 0 aliphatic heterocycles. The minimum atomic E-state index is -0.835. The summed E-state index contributed by atoms with van der Waals surface area (Å²) >= 11 is 6.03. The van der Waals surface area contributed by atoms with Gasteiger partial charge in [0.1, 0.15) is 18.5 Å². The third-order valence-electron chi connectivity index (χ3n) is 3.44. The Morgan fingerprint density at radius 1 is 1.36 bits per heavy atom. The Hall–Kier alpha value is -1.85. The molecular formula is C16H19ClN2O3. The molecule has 0 saturated carbocycles. The van der Waals surface area contributed by atoms with Gasteiger partial charge < -0.3 is 9.84 Å². The van der Waals surface area contributed by atoms with Crippen LogP contribution in [-0.4, -0.2) is 27.4 Å². The number of halogens is 1. The first-order valence-electron chi connectivity index (χ1n) is 6.98. The maximum Gasteiger partial charge on any atom is 0.256 e. The van der Waals surface area contributed by atoms with Crippen molar-refractivity contribution in [3.63, 3.8) is 0 Å². The van der Waals surface area contributed by atoms with Crippen LogP contribution in [0.15, 0.2) is 29.3 Å². The highest BCUT2D eigenvalue weighted by Gasteiger charge is 2.11. The van der Waals surface area contributed by atoms with Crippen LogP contribution in [-0.2, 0) is 6.54 Å². The van der Waals surface area contributed by atoms with Gasteiger partial charge in [0, 0.05) is 11.3 Å². The van der Waals surface area contributed by atoms with E-state index in [0.29, 0.717) is 22.0 Å². The fourth-order valence-corrected chi connectivity index (χ4v) is 2.16. The summed E-state index contributed by atoms with van der Waals surface area (Å²) in [5.74, 6) is 0.520. The van der Waals surface area contributed by atoms with Gasteiger partial charge in [0.2, 0.25) is 0 Å². The average Bonchev–Trinajstić information content (AvgIpc) is 2.49. The first-order chi connectivity index (χ1) is 10.4. The lowest BCUT2D eigenvalue weighted by Crippen LogP contribution is -2.31. The molecule has 0 spiro atoms. The molecule has 0 fully saturated rings. The second-order valence-electron chi connectivity index (χ2n) is 5.31. The van der Waals surface area contributed by atoms with Gasteiger partial charge in [-0.3, -0.25) is 9.36 Å². The maximum absolute atomic E-state index is 12.0. The molecule has 0 aliphatic rings. The zero-order chi connectivity index (χ0) is 16.3. The molecule has 0 radical (unpaired) electrons. The van der Waals surface area contributed by atoms with Crippen LogP contribution in [0.25, 0.3) is 0 Å². The molecule has 1 aromatic heterocycles. The molecule has 0 bridgehead atoms. The molecule has 1 N–H and O–H groups in total. The van der Waals surface area contributed by atoms with Gasteiger partial charge in [-0.1, -0.05) is 17.7 Å². The molecule has 1 aromatic carbocycles. The Bertz CT molecular complexity index is 728. The summed E-state index contributed by atoms with van der Waals surface area (Å²) in [4.78, 5) is 16.2. The molecule has 2 rings (SSSR count). The van der Waals surface area contributed by atoms with E-state index in [-0.39, 0.29) is 18.7 Å². The maximum atomic E-state index is 12.0. The minimum absolute atomic E-state index is 0.0442. The second-order valence-corrected chi connectivity index (χ2v) is 5.72. The summed E-state index contributed by atoms with van der Waals surface area (Å²) in [7, 11) is 0. The summed E-state index contributed by atoms with van der Waals surface area (Å²) in [5, 5.41) is 10.5. The van der Waals surface area contributed by atoms with Crippen molar-refractivity contribution >= 4 is 11.6 Å². The van der Waals surface area contributed by atoms with Gasteiger partial charge in [0.05, 0.1) is 17.9 Å². The molecule has 2 aromatic rings. The SMILES string of the molecule is Cc1ccc(Cl)c(OC[C@@H](O)Cn2cnc(C)c(C)c2=O)c1. The van der Waals surface area contributed by atoms with Crippen molar-refractivity contribution < 1.29 is 9.84 Å². The summed E-state index contributed by atoms with van der Waals surface area (Å²) in [6.07, 6.45) is 0.603. The Morgan fingerprint density at radius 3 is 2.82 bits per heavy atom. The molecule has 118 valence electrons. The van der Waals surface area contributed by atoms with Crippen molar-refractivity contribution in [1.82, 2.24) is 9.55 Å². The van der Waals surface area contributed by atoms with Crippen LogP contribution in [0.5, 0.6) is 5.75 Å².